The SMILES string of the molecule is C[C@@H]1CN([C@H](C)CO)C(=O)Cc2cc(N(C)C)ccc2O[C@@H]1CN(C)Cc1ccc(C(=O)O)cc1. The van der Waals surface area contributed by atoms with Crippen molar-refractivity contribution in [1.29, 1.82) is 0 Å². The lowest BCUT2D eigenvalue weighted by Gasteiger charge is -2.34. The molecule has 1 amide bonds. The molecule has 35 heavy (non-hydrogen) atoms. The van der Waals surface area contributed by atoms with Crippen LogP contribution in [0.5, 0.6) is 5.75 Å². The summed E-state index contributed by atoms with van der Waals surface area (Å²) >= 11 is 0. The second kappa shape index (κ2) is 11.6. The highest BCUT2D eigenvalue weighted by atomic mass is 16.5. The van der Waals surface area contributed by atoms with E-state index in [2.05, 4.69) is 11.8 Å². The first-order valence-electron chi connectivity index (χ1n) is 12.0. The minimum atomic E-state index is -0.940. The van der Waals surface area contributed by atoms with Crippen LogP contribution < -0.4 is 9.64 Å². The predicted octanol–water partition coefficient (Wildman–Crippen LogP) is 2.73. The summed E-state index contributed by atoms with van der Waals surface area (Å²) in [5, 5.41) is 18.9. The number of ether oxygens (including phenoxy) is 1. The molecule has 0 unspecified atom stereocenters. The van der Waals surface area contributed by atoms with Crippen molar-refractivity contribution in [3.8, 4) is 5.75 Å². The van der Waals surface area contributed by atoms with Gasteiger partial charge in [-0.3, -0.25) is 9.69 Å². The molecule has 3 atom stereocenters. The van der Waals surface area contributed by atoms with E-state index in [4.69, 9.17) is 9.84 Å². The first-order valence-corrected chi connectivity index (χ1v) is 12.0. The number of anilines is 1. The van der Waals surface area contributed by atoms with Crippen LogP contribution in [-0.2, 0) is 17.8 Å². The molecule has 0 fully saturated rings. The Morgan fingerprint density at radius 1 is 1.17 bits per heavy atom. The Morgan fingerprint density at radius 2 is 1.86 bits per heavy atom. The largest absolute Gasteiger partial charge is 0.488 e. The molecule has 8 heteroatoms. The second-order valence-corrected chi connectivity index (χ2v) is 9.77. The van der Waals surface area contributed by atoms with E-state index in [0.717, 1.165) is 16.8 Å². The topological polar surface area (TPSA) is 93.6 Å². The maximum atomic E-state index is 13.2. The number of benzene rings is 2. The molecular formula is C27H37N3O5. The fraction of sp³-hybridized carbons (Fsp3) is 0.481. The molecule has 0 radical (unpaired) electrons. The highest BCUT2D eigenvalue weighted by Gasteiger charge is 2.31. The van der Waals surface area contributed by atoms with Gasteiger partial charge in [0, 0.05) is 50.9 Å². The molecule has 8 nitrogen and oxygen atoms in total. The van der Waals surface area contributed by atoms with Crippen molar-refractivity contribution in [2.75, 3.05) is 45.7 Å². The van der Waals surface area contributed by atoms with E-state index in [9.17, 15) is 14.7 Å². The standard InChI is InChI=1S/C27H37N3O5/c1-18-14-30(19(2)17-31)26(32)13-22-12-23(28(3)4)10-11-24(22)35-25(18)16-29(5)15-20-6-8-21(9-7-20)27(33)34/h6-12,18-19,25,31H,13-17H2,1-5H3,(H,33,34)/t18-,19-,25-/m1/s1. The molecule has 0 bridgehead atoms. The predicted molar refractivity (Wildman–Crippen MR) is 136 cm³/mol. The minimum Gasteiger partial charge on any atom is -0.488 e. The highest BCUT2D eigenvalue weighted by Crippen LogP contribution is 2.30. The summed E-state index contributed by atoms with van der Waals surface area (Å²) in [5.41, 5.74) is 3.10. The molecule has 2 aromatic carbocycles. The maximum absolute atomic E-state index is 13.2. The minimum absolute atomic E-state index is 0.0178. The van der Waals surface area contributed by atoms with Gasteiger partial charge in [0.2, 0.25) is 5.91 Å². The average Bonchev–Trinajstić information content (AvgIpc) is 2.86. The van der Waals surface area contributed by atoms with Crippen LogP contribution in [0.1, 0.15) is 35.3 Å². The molecule has 0 saturated heterocycles. The summed E-state index contributed by atoms with van der Waals surface area (Å²) in [5.74, 6) is -0.237. The number of amides is 1. The van der Waals surface area contributed by atoms with Gasteiger partial charge in [0.05, 0.1) is 24.6 Å². The zero-order chi connectivity index (χ0) is 25.7. The summed E-state index contributed by atoms with van der Waals surface area (Å²) in [4.78, 5) is 30.3. The van der Waals surface area contributed by atoms with Crippen molar-refractivity contribution in [2.24, 2.45) is 5.92 Å². The molecule has 0 spiro atoms. The van der Waals surface area contributed by atoms with E-state index in [1.807, 2.05) is 63.3 Å². The zero-order valence-corrected chi connectivity index (χ0v) is 21.3. The summed E-state index contributed by atoms with van der Waals surface area (Å²) in [6.07, 6.45) is 0.0218. The van der Waals surface area contributed by atoms with Crippen LogP contribution in [-0.4, -0.2) is 84.9 Å². The molecule has 1 heterocycles. The molecule has 1 aliphatic heterocycles. The third-order valence-electron chi connectivity index (χ3n) is 6.56. The van der Waals surface area contributed by atoms with Crippen LogP contribution in [0.25, 0.3) is 0 Å². The van der Waals surface area contributed by atoms with Crippen LogP contribution in [0.15, 0.2) is 42.5 Å². The summed E-state index contributed by atoms with van der Waals surface area (Å²) < 4.78 is 6.55. The molecule has 1 aliphatic rings. The van der Waals surface area contributed by atoms with Crippen molar-refractivity contribution in [3.63, 3.8) is 0 Å². The van der Waals surface area contributed by atoms with Gasteiger partial charge in [-0.05, 0) is 49.9 Å². The number of aliphatic hydroxyl groups is 1. The van der Waals surface area contributed by atoms with E-state index < -0.39 is 5.97 Å². The molecule has 190 valence electrons. The number of carbonyl (C=O) groups excluding carboxylic acids is 1. The lowest BCUT2D eigenvalue weighted by molar-refractivity contribution is -0.134. The molecular weight excluding hydrogens is 446 g/mol. The van der Waals surface area contributed by atoms with Crippen LogP contribution in [0, 0.1) is 5.92 Å². The second-order valence-electron chi connectivity index (χ2n) is 9.77. The van der Waals surface area contributed by atoms with Crippen molar-refractivity contribution in [1.82, 2.24) is 9.80 Å². The number of aromatic carboxylic acids is 1. The Morgan fingerprint density at radius 3 is 2.46 bits per heavy atom. The Hall–Kier alpha value is -3.10. The number of hydrogen-bond acceptors (Lipinski definition) is 6. The number of likely N-dealkylation sites (N-methyl/N-ethyl adjacent to an activating group) is 1. The fourth-order valence-electron chi connectivity index (χ4n) is 4.35. The Balaban J connectivity index is 1.86. The maximum Gasteiger partial charge on any atom is 0.335 e. The van der Waals surface area contributed by atoms with Gasteiger partial charge in [-0.2, -0.15) is 0 Å². The fourth-order valence-corrected chi connectivity index (χ4v) is 4.35. The van der Waals surface area contributed by atoms with Gasteiger partial charge in [0.1, 0.15) is 11.9 Å². The number of rotatable bonds is 8. The van der Waals surface area contributed by atoms with Gasteiger partial charge in [-0.15, -0.1) is 0 Å². The Bertz CT molecular complexity index is 1020. The van der Waals surface area contributed by atoms with Crippen LogP contribution in [0.2, 0.25) is 0 Å². The average molecular weight is 484 g/mol. The van der Waals surface area contributed by atoms with E-state index in [1.54, 1.807) is 17.0 Å². The van der Waals surface area contributed by atoms with Crippen LogP contribution in [0.4, 0.5) is 5.69 Å². The lowest BCUT2D eigenvalue weighted by Crippen LogP contribution is -2.47. The number of carbonyl (C=O) groups is 2. The number of carboxylic acids is 1. The number of fused-ring (bicyclic) bond motifs is 1. The van der Waals surface area contributed by atoms with E-state index in [1.165, 1.54) is 0 Å². The van der Waals surface area contributed by atoms with Crippen LogP contribution in [0.3, 0.4) is 0 Å². The van der Waals surface area contributed by atoms with Crippen molar-refractivity contribution in [3.05, 3.63) is 59.2 Å². The smallest absolute Gasteiger partial charge is 0.335 e. The third-order valence-corrected chi connectivity index (χ3v) is 6.56. The monoisotopic (exact) mass is 483 g/mol. The van der Waals surface area contributed by atoms with E-state index in [-0.39, 0.29) is 42.6 Å². The Kier molecular flexibility index (Phi) is 8.75. The van der Waals surface area contributed by atoms with E-state index in [0.29, 0.717) is 25.4 Å². The molecule has 2 N–H and O–H groups in total. The first kappa shape index (κ1) is 26.5. The van der Waals surface area contributed by atoms with Crippen molar-refractivity contribution in [2.45, 2.75) is 39.0 Å². The van der Waals surface area contributed by atoms with Crippen molar-refractivity contribution >= 4 is 17.6 Å². The normalized spacial score (nSPS) is 19.3. The van der Waals surface area contributed by atoms with Gasteiger partial charge in [-0.25, -0.2) is 4.79 Å². The summed E-state index contributed by atoms with van der Waals surface area (Å²) in [6.45, 7) is 5.58. The highest BCUT2D eigenvalue weighted by molar-refractivity contribution is 5.87. The van der Waals surface area contributed by atoms with Gasteiger partial charge < -0.3 is 24.7 Å². The van der Waals surface area contributed by atoms with E-state index >= 15 is 0 Å². The van der Waals surface area contributed by atoms with Gasteiger partial charge in [-0.1, -0.05) is 19.1 Å². The number of hydrogen-bond donors (Lipinski definition) is 2. The van der Waals surface area contributed by atoms with Crippen LogP contribution >= 0.6 is 0 Å². The molecule has 0 saturated carbocycles. The van der Waals surface area contributed by atoms with Gasteiger partial charge in [0.15, 0.2) is 0 Å². The van der Waals surface area contributed by atoms with Crippen molar-refractivity contribution < 1.29 is 24.5 Å². The summed E-state index contributed by atoms with van der Waals surface area (Å²) in [7, 11) is 5.92. The Labute approximate surface area is 207 Å². The summed E-state index contributed by atoms with van der Waals surface area (Å²) in [6, 6.07) is 12.5. The van der Waals surface area contributed by atoms with Gasteiger partial charge in [0.25, 0.3) is 0 Å². The molecule has 0 aliphatic carbocycles. The number of nitrogens with zero attached hydrogens (tertiary/aromatic N) is 3. The zero-order valence-electron chi connectivity index (χ0n) is 21.3. The first-order chi connectivity index (χ1) is 16.6. The molecule has 3 rings (SSSR count). The number of aliphatic hydroxyl groups excluding tert-OH is 1. The van der Waals surface area contributed by atoms with Gasteiger partial charge >= 0.3 is 5.97 Å². The molecule has 0 aromatic heterocycles. The molecule has 2 aromatic rings. The quantitative estimate of drug-likeness (QED) is 0.596. The third kappa shape index (κ3) is 6.74. The lowest BCUT2D eigenvalue weighted by atomic mass is 10.0. The number of carboxylic acid groups (broad SMARTS) is 1.